The Labute approximate surface area is 142 Å². The molecule has 24 heavy (non-hydrogen) atoms. The molecule has 3 atom stereocenters. The second-order valence-corrected chi connectivity index (χ2v) is 6.08. The van der Waals surface area contributed by atoms with E-state index in [1.807, 2.05) is 36.4 Å². The molecular weight excluding hydrogens is 306 g/mol. The number of ether oxygens (including phenoxy) is 2. The van der Waals surface area contributed by atoms with Crippen molar-refractivity contribution in [2.75, 3.05) is 7.11 Å². The van der Waals surface area contributed by atoms with E-state index in [2.05, 4.69) is 6.92 Å². The third kappa shape index (κ3) is 3.91. The predicted molar refractivity (Wildman–Crippen MR) is 92.2 cm³/mol. The van der Waals surface area contributed by atoms with Crippen molar-refractivity contribution >= 4 is 17.8 Å². The number of rotatable bonds is 6. The highest BCUT2D eigenvalue weighted by Crippen LogP contribution is 2.29. The molecule has 0 bridgehead atoms. The quantitative estimate of drug-likeness (QED) is 0.640. The minimum Gasteiger partial charge on any atom is -0.467 e. The van der Waals surface area contributed by atoms with Gasteiger partial charge in [0.05, 0.1) is 13.2 Å². The van der Waals surface area contributed by atoms with Gasteiger partial charge in [-0.3, -0.25) is 4.79 Å². The van der Waals surface area contributed by atoms with Gasteiger partial charge in [0.1, 0.15) is 6.10 Å². The van der Waals surface area contributed by atoms with Crippen LogP contribution in [0.1, 0.15) is 38.2 Å². The zero-order valence-corrected chi connectivity index (χ0v) is 14.2. The number of esters is 1. The van der Waals surface area contributed by atoms with E-state index >= 15 is 0 Å². The second-order valence-electron chi connectivity index (χ2n) is 6.08. The average molecular weight is 331 g/mol. The largest absolute Gasteiger partial charge is 0.467 e. The lowest BCUT2D eigenvalue weighted by Gasteiger charge is -2.39. The molecule has 0 unspecified atom stereocenters. The highest BCUT2D eigenvalue weighted by molar-refractivity contribution is 6.10. The summed E-state index contributed by atoms with van der Waals surface area (Å²) in [6.45, 7) is 2.08. The summed E-state index contributed by atoms with van der Waals surface area (Å²) in [4.78, 5) is 24.7. The minimum absolute atomic E-state index is 0.140. The number of methoxy groups -OCH3 is 1. The Morgan fingerprint density at radius 1 is 1.42 bits per heavy atom. The summed E-state index contributed by atoms with van der Waals surface area (Å²) in [6.07, 6.45) is 5.33. The van der Waals surface area contributed by atoms with Crippen LogP contribution in [-0.4, -0.2) is 36.6 Å². The maximum absolute atomic E-state index is 12.6. The molecule has 1 saturated heterocycles. The number of carbonyl (C=O) groups excluding carboxylic acids is 2. The maximum atomic E-state index is 12.6. The SMILES string of the molecule is CCCC[C@@H]1CC(=O)[C@@](N)(C(=O)OC)[C@@H](/C=C/c2ccccc2)O1. The summed E-state index contributed by atoms with van der Waals surface area (Å²) in [5, 5.41) is 0. The van der Waals surface area contributed by atoms with Crippen molar-refractivity contribution in [3.63, 3.8) is 0 Å². The van der Waals surface area contributed by atoms with Gasteiger partial charge in [-0.2, -0.15) is 0 Å². The summed E-state index contributed by atoms with van der Waals surface area (Å²) in [7, 11) is 1.23. The first-order chi connectivity index (χ1) is 11.5. The number of Topliss-reactive ketones (excluding diaryl/α,β-unsaturated/α-hetero) is 1. The van der Waals surface area contributed by atoms with Crippen molar-refractivity contribution in [1.29, 1.82) is 0 Å². The van der Waals surface area contributed by atoms with Gasteiger partial charge in [-0.25, -0.2) is 4.79 Å². The van der Waals surface area contributed by atoms with E-state index in [0.717, 1.165) is 24.8 Å². The number of nitrogens with two attached hydrogens (primary N) is 1. The van der Waals surface area contributed by atoms with E-state index in [0.29, 0.717) is 0 Å². The van der Waals surface area contributed by atoms with Crippen molar-refractivity contribution in [1.82, 2.24) is 0 Å². The summed E-state index contributed by atoms with van der Waals surface area (Å²) in [5.74, 6) is -1.09. The van der Waals surface area contributed by atoms with E-state index < -0.39 is 17.6 Å². The fourth-order valence-electron chi connectivity index (χ4n) is 2.86. The molecule has 0 amide bonds. The number of carbonyl (C=O) groups is 2. The topological polar surface area (TPSA) is 78.6 Å². The molecular formula is C19H25NO4. The molecule has 1 fully saturated rings. The Balaban J connectivity index is 2.26. The van der Waals surface area contributed by atoms with E-state index in [-0.39, 0.29) is 18.3 Å². The minimum atomic E-state index is -1.79. The van der Waals surface area contributed by atoms with Gasteiger partial charge in [0.25, 0.3) is 0 Å². The Bertz CT molecular complexity index is 599. The predicted octanol–water partition coefficient (Wildman–Crippen LogP) is 2.49. The van der Waals surface area contributed by atoms with Gasteiger partial charge in [-0.1, -0.05) is 62.2 Å². The molecule has 0 aromatic heterocycles. The van der Waals surface area contributed by atoms with Crippen LogP contribution in [0.5, 0.6) is 0 Å². The van der Waals surface area contributed by atoms with Crippen LogP contribution >= 0.6 is 0 Å². The molecule has 2 rings (SSSR count). The molecule has 0 spiro atoms. The summed E-state index contributed by atoms with van der Waals surface area (Å²) >= 11 is 0. The molecule has 130 valence electrons. The van der Waals surface area contributed by atoms with E-state index in [4.69, 9.17) is 15.2 Å². The van der Waals surface area contributed by atoms with Gasteiger partial charge in [-0.15, -0.1) is 0 Å². The van der Waals surface area contributed by atoms with Crippen LogP contribution in [0.3, 0.4) is 0 Å². The highest BCUT2D eigenvalue weighted by atomic mass is 16.5. The van der Waals surface area contributed by atoms with E-state index in [9.17, 15) is 9.59 Å². The van der Waals surface area contributed by atoms with Crippen LogP contribution < -0.4 is 5.73 Å². The van der Waals surface area contributed by atoms with Crippen LogP contribution in [0.15, 0.2) is 36.4 Å². The zero-order valence-electron chi connectivity index (χ0n) is 14.2. The molecule has 0 aliphatic carbocycles. The van der Waals surface area contributed by atoms with Gasteiger partial charge in [0.15, 0.2) is 5.78 Å². The Morgan fingerprint density at radius 2 is 2.12 bits per heavy atom. The Kier molecular flexibility index (Phi) is 6.29. The number of benzene rings is 1. The van der Waals surface area contributed by atoms with E-state index in [1.165, 1.54) is 7.11 Å². The second kappa shape index (κ2) is 8.22. The van der Waals surface area contributed by atoms with Gasteiger partial charge in [0, 0.05) is 6.42 Å². The highest BCUT2D eigenvalue weighted by Gasteiger charge is 2.53. The van der Waals surface area contributed by atoms with Crippen molar-refractivity contribution in [2.45, 2.75) is 50.4 Å². The fourth-order valence-corrected chi connectivity index (χ4v) is 2.86. The van der Waals surface area contributed by atoms with Crippen molar-refractivity contribution in [3.05, 3.63) is 42.0 Å². The lowest BCUT2D eigenvalue weighted by Crippen LogP contribution is -2.67. The third-order valence-corrected chi connectivity index (χ3v) is 4.33. The molecule has 5 nitrogen and oxygen atoms in total. The molecule has 1 heterocycles. The lowest BCUT2D eigenvalue weighted by molar-refractivity contribution is -0.167. The number of unbranched alkanes of at least 4 members (excludes halogenated alkanes) is 1. The Morgan fingerprint density at radius 3 is 2.75 bits per heavy atom. The maximum Gasteiger partial charge on any atom is 0.336 e. The van der Waals surface area contributed by atoms with Crippen LogP contribution in [0.4, 0.5) is 0 Å². The Hall–Kier alpha value is -1.98. The van der Waals surface area contributed by atoms with E-state index in [1.54, 1.807) is 6.08 Å². The van der Waals surface area contributed by atoms with Crippen LogP contribution in [-0.2, 0) is 19.1 Å². The molecule has 1 aliphatic heterocycles. The van der Waals surface area contributed by atoms with Crippen molar-refractivity contribution in [2.24, 2.45) is 5.73 Å². The molecule has 5 heteroatoms. The normalized spacial score (nSPS) is 27.4. The van der Waals surface area contributed by atoms with Crippen LogP contribution in [0, 0.1) is 0 Å². The zero-order chi connectivity index (χ0) is 17.6. The molecule has 1 aromatic rings. The first-order valence-corrected chi connectivity index (χ1v) is 8.31. The summed E-state index contributed by atoms with van der Waals surface area (Å²) in [6, 6.07) is 9.58. The molecule has 2 N–H and O–H groups in total. The average Bonchev–Trinajstić information content (AvgIpc) is 2.61. The number of ketones is 1. The monoisotopic (exact) mass is 331 g/mol. The van der Waals surface area contributed by atoms with Gasteiger partial charge in [-0.05, 0) is 12.0 Å². The lowest BCUT2D eigenvalue weighted by atomic mass is 9.81. The first kappa shape index (κ1) is 18.4. The number of hydrogen-bond donors (Lipinski definition) is 1. The summed E-state index contributed by atoms with van der Waals surface area (Å²) < 4.78 is 10.7. The number of hydrogen-bond acceptors (Lipinski definition) is 5. The van der Waals surface area contributed by atoms with Gasteiger partial charge >= 0.3 is 5.97 Å². The first-order valence-electron chi connectivity index (χ1n) is 8.31. The fraction of sp³-hybridized carbons (Fsp3) is 0.474. The van der Waals surface area contributed by atoms with Crippen molar-refractivity contribution < 1.29 is 19.1 Å². The van der Waals surface area contributed by atoms with Crippen molar-refractivity contribution in [3.8, 4) is 0 Å². The van der Waals surface area contributed by atoms with Crippen LogP contribution in [0.2, 0.25) is 0 Å². The van der Waals surface area contributed by atoms with Crippen LogP contribution in [0.25, 0.3) is 6.08 Å². The summed E-state index contributed by atoms with van der Waals surface area (Å²) in [5.41, 5.74) is 5.31. The molecule has 1 aliphatic rings. The third-order valence-electron chi connectivity index (χ3n) is 4.33. The van der Waals surface area contributed by atoms with Gasteiger partial charge in [0.2, 0.25) is 5.54 Å². The molecule has 0 radical (unpaired) electrons. The molecule has 0 saturated carbocycles. The standard InChI is InChI=1S/C19H25NO4/c1-3-4-10-15-13-16(21)19(20,18(22)23-2)17(24-15)12-11-14-8-6-5-7-9-14/h5-9,11-12,15,17H,3-4,10,13,20H2,1-2H3/b12-11+/t15-,17-,19+/m1/s1. The van der Waals surface area contributed by atoms with Gasteiger partial charge < -0.3 is 15.2 Å². The molecule has 1 aromatic carbocycles. The smallest absolute Gasteiger partial charge is 0.336 e.